The minimum atomic E-state index is -4.64. The number of amides is 3. The molecule has 4 rings (SSSR count). The Kier molecular flexibility index (Phi) is 8.51. The molecule has 7 nitrogen and oxygen atoms in total. The van der Waals surface area contributed by atoms with Gasteiger partial charge in [-0.1, -0.05) is 48.0 Å². The van der Waals surface area contributed by atoms with E-state index in [2.05, 4.69) is 5.32 Å². The maximum atomic E-state index is 13.1. The minimum Gasteiger partial charge on any atom is -0.495 e. The molecular weight excluding hydrogens is 557 g/mol. The number of methoxy groups -OCH3 is 1. The molecular formula is C27H20ClF3N2O5S. The summed E-state index contributed by atoms with van der Waals surface area (Å²) in [5, 5.41) is 2.12. The van der Waals surface area contributed by atoms with Crippen molar-refractivity contribution in [2.45, 2.75) is 12.8 Å². The first-order valence-electron chi connectivity index (χ1n) is 11.3. The van der Waals surface area contributed by atoms with Crippen molar-refractivity contribution in [2.24, 2.45) is 0 Å². The summed E-state index contributed by atoms with van der Waals surface area (Å²) in [5.74, 6) is -1.17. The fraction of sp³-hybridized carbons (Fsp3) is 0.148. The highest BCUT2D eigenvalue weighted by Gasteiger charge is 2.37. The smallest absolute Gasteiger partial charge is 0.416 e. The second-order valence-electron chi connectivity index (χ2n) is 8.15. The second kappa shape index (κ2) is 11.8. The molecule has 1 N–H and O–H groups in total. The zero-order chi connectivity index (χ0) is 28.2. The van der Waals surface area contributed by atoms with Crippen LogP contribution in [0.15, 0.2) is 71.6 Å². The number of imide groups is 1. The molecule has 0 aliphatic carbocycles. The standard InChI is InChI=1S/C27H20ClF3N2O5S/c1-37-22-11-10-18(27(29,30)31)13-20(22)32-24(34)14-33-25(35)23(39-26(33)36)12-16-6-3-5-9-21(16)38-15-17-7-2-4-8-19(17)28/h2-13H,14-15H2,1H3,(H,32,34)/b23-12-. The zero-order valence-electron chi connectivity index (χ0n) is 20.3. The van der Waals surface area contributed by atoms with Gasteiger partial charge in [0, 0.05) is 16.1 Å². The number of benzene rings is 3. The van der Waals surface area contributed by atoms with E-state index >= 15 is 0 Å². The first kappa shape index (κ1) is 28.1. The molecule has 1 aliphatic rings. The van der Waals surface area contributed by atoms with Gasteiger partial charge >= 0.3 is 6.18 Å². The van der Waals surface area contributed by atoms with Crippen LogP contribution < -0.4 is 14.8 Å². The van der Waals surface area contributed by atoms with E-state index in [1.165, 1.54) is 13.2 Å². The molecule has 0 atom stereocenters. The van der Waals surface area contributed by atoms with Crippen LogP contribution in [0.25, 0.3) is 6.08 Å². The second-order valence-corrected chi connectivity index (χ2v) is 9.55. The normalized spacial score (nSPS) is 14.6. The average molecular weight is 577 g/mol. The van der Waals surface area contributed by atoms with E-state index in [4.69, 9.17) is 21.1 Å². The van der Waals surface area contributed by atoms with Crippen molar-refractivity contribution in [3.8, 4) is 11.5 Å². The molecule has 1 fully saturated rings. The van der Waals surface area contributed by atoms with Crippen LogP contribution in [0.1, 0.15) is 16.7 Å². The van der Waals surface area contributed by atoms with E-state index in [-0.39, 0.29) is 22.9 Å². The van der Waals surface area contributed by atoms with Gasteiger partial charge in [0.2, 0.25) is 5.91 Å². The number of ether oxygens (including phenoxy) is 2. The highest BCUT2D eigenvalue weighted by atomic mass is 35.5. The molecule has 3 aromatic carbocycles. The predicted molar refractivity (Wildman–Crippen MR) is 142 cm³/mol. The Hall–Kier alpha value is -3.96. The third-order valence-electron chi connectivity index (χ3n) is 5.52. The number of halogens is 4. The number of carbonyl (C=O) groups excluding carboxylic acids is 3. The molecule has 0 saturated carbocycles. The van der Waals surface area contributed by atoms with Crippen molar-refractivity contribution in [1.82, 2.24) is 4.90 Å². The maximum Gasteiger partial charge on any atom is 0.416 e. The van der Waals surface area contributed by atoms with Gasteiger partial charge < -0.3 is 14.8 Å². The molecule has 0 radical (unpaired) electrons. The summed E-state index contributed by atoms with van der Waals surface area (Å²) in [6, 6.07) is 16.6. The lowest BCUT2D eigenvalue weighted by molar-refractivity contribution is -0.137. The molecule has 1 aliphatic heterocycles. The lowest BCUT2D eigenvalue weighted by Gasteiger charge is -2.16. The van der Waals surface area contributed by atoms with Crippen molar-refractivity contribution < 1.29 is 37.0 Å². The first-order valence-corrected chi connectivity index (χ1v) is 12.5. The summed E-state index contributed by atoms with van der Waals surface area (Å²) < 4.78 is 50.2. The number of alkyl halides is 3. The van der Waals surface area contributed by atoms with Crippen LogP contribution in [0.3, 0.4) is 0 Å². The SMILES string of the molecule is COc1ccc(C(F)(F)F)cc1NC(=O)CN1C(=O)S/C(=C\c2ccccc2OCc2ccccc2Cl)C1=O. The number of para-hydroxylation sites is 1. The summed E-state index contributed by atoms with van der Waals surface area (Å²) in [6.45, 7) is -0.531. The molecule has 1 heterocycles. The lowest BCUT2D eigenvalue weighted by Crippen LogP contribution is -2.36. The first-order chi connectivity index (χ1) is 18.6. The number of carbonyl (C=O) groups is 3. The minimum absolute atomic E-state index is 0.0150. The van der Waals surface area contributed by atoms with Crippen LogP contribution in [-0.2, 0) is 22.4 Å². The Balaban J connectivity index is 1.47. The van der Waals surface area contributed by atoms with Crippen LogP contribution in [-0.4, -0.2) is 35.6 Å². The van der Waals surface area contributed by atoms with Crippen molar-refractivity contribution >= 4 is 52.2 Å². The van der Waals surface area contributed by atoms with Gasteiger partial charge in [-0.05, 0) is 48.2 Å². The molecule has 12 heteroatoms. The van der Waals surface area contributed by atoms with Crippen LogP contribution in [0.5, 0.6) is 11.5 Å². The van der Waals surface area contributed by atoms with Gasteiger partial charge in [0.25, 0.3) is 11.1 Å². The number of thioether (sulfide) groups is 1. The monoisotopic (exact) mass is 576 g/mol. The number of nitrogens with one attached hydrogen (secondary N) is 1. The van der Waals surface area contributed by atoms with Gasteiger partial charge in [-0.15, -0.1) is 0 Å². The van der Waals surface area contributed by atoms with Gasteiger partial charge in [-0.2, -0.15) is 13.2 Å². The van der Waals surface area contributed by atoms with Gasteiger partial charge in [-0.25, -0.2) is 0 Å². The van der Waals surface area contributed by atoms with E-state index in [1.54, 1.807) is 36.4 Å². The number of hydrogen-bond donors (Lipinski definition) is 1. The third kappa shape index (κ3) is 6.73. The fourth-order valence-electron chi connectivity index (χ4n) is 3.60. The maximum absolute atomic E-state index is 13.1. The molecule has 0 aromatic heterocycles. The summed E-state index contributed by atoms with van der Waals surface area (Å²) in [6.07, 6.45) is -3.17. The van der Waals surface area contributed by atoms with E-state index in [0.717, 1.165) is 17.7 Å². The number of nitrogens with zero attached hydrogens (tertiary/aromatic N) is 1. The molecule has 0 unspecified atom stereocenters. The van der Waals surface area contributed by atoms with Gasteiger partial charge in [-0.3, -0.25) is 19.3 Å². The zero-order valence-corrected chi connectivity index (χ0v) is 21.8. The van der Waals surface area contributed by atoms with Crippen LogP contribution in [0.2, 0.25) is 5.02 Å². The number of rotatable bonds is 8. The third-order valence-corrected chi connectivity index (χ3v) is 6.80. The number of anilines is 1. The van der Waals surface area contributed by atoms with Crippen molar-refractivity contribution in [2.75, 3.05) is 19.0 Å². The Bertz CT molecular complexity index is 1460. The van der Waals surface area contributed by atoms with Gasteiger partial charge in [0.05, 0.1) is 23.3 Å². The highest BCUT2D eigenvalue weighted by molar-refractivity contribution is 8.18. The molecule has 1 saturated heterocycles. The largest absolute Gasteiger partial charge is 0.495 e. The Labute approximate surface area is 230 Å². The van der Waals surface area contributed by atoms with Crippen molar-refractivity contribution in [1.29, 1.82) is 0 Å². The van der Waals surface area contributed by atoms with Crippen molar-refractivity contribution in [3.63, 3.8) is 0 Å². The topological polar surface area (TPSA) is 84.9 Å². The van der Waals surface area contributed by atoms with Crippen LogP contribution in [0, 0.1) is 0 Å². The molecule has 0 bridgehead atoms. The highest BCUT2D eigenvalue weighted by Crippen LogP contribution is 2.36. The quantitative estimate of drug-likeness (QED) is 0.303. The van der Waals surface area contributed by atoms with Gasteiger partial charge in [0.1, 0.15) is 24.7 Å². The summed E-state index contributed by atoms with van der Waals surface area (Å²) in [5.41, 5.74) is 0.0402. The van der Waals surface area contributed by atoms with Crippen LogP contribution in [0.4, 0.5) is 23.7 Å². The number of hydrogen-bond acceptors (Lipinski definition) is 6. The molecule has 202 valence electrons. The molecule has 3 amide bonds. The Morgan fingerprint density at radius 1 is 1.05 bits per heavy atom. The molecule has 39 heavy (non-hydrogen) atoms. The summed E-state index contributed by atoms with van der Waals surface area (Å²) in [4.78, 5) is 38.9. The molecule has 0 spiro atoms. The van der Waals surface area contributed by atoms with Crippen molar-refractivity contribution in [3.05, 3.63) is 93.3 Å². The van der Waals surface area contributed by atoms with Gasteiger partial charge in [0.15, 0.2) is 0 Å². The lowest BCUT2D eigenvalue weighted by atomic mass is 10.1. The molecule has 3 aromatic rings. The Morgan fingerprint density at radius 2 is 1.77 bits per heavy atom. The summed E-state index contributed by atoms with van der Waals surface area (Å²) >= 11 is 6.82. The predicted octanol–water partition coefficient (Wildman–Crippen LogP) is 6.62. The Morgan fingerprint density at radius 3 is 2.49 bits per heavy atom. The van der Waals surface area contributed by atoms with E-state index in [9.17, 15) is 27.6 Å². The average Bonchev–Trinajstić information content (AvgIpc) is 3.15. The van der Waals surface area contributed by atoms with Crippen LogP contribution >= 0.6 is 23.4 Å². The summed E-state index contributed by atoms with van der Waals surface area (Å²) in [7, 11) is 1.23. The van der Waals surface area contributed by atoms with E-state index in [1.807, 2.05) is 12.1 Å². The fourth-order valence-corrected chi connectivity index (χ4v) is 4.61. The van der Waals surface area contributed by atoms with E-state index in [0.29, 0.717) is 39.1 Å². The van der Waals surface area contributed by atoms with E-state index < -0.39 is 35.3 Å².